The first-order chi connectivity index (χ1) is 6.02. The monoisotopic (exact) mass is 208 g/mol. The summed E-state index contributed by atoms with van der Waals surface area (Å²) in [5, 5.41) is 0. The molecule has 0 bridgehead atoms. The lowest BCUT2D eigenvalue weighted by Crippen LogP contribution is -2.20. The minimum atomic E-state index is -3.81. The minimum absolute atomic E-state index is 0.137. The van der Waals surface area contributed by atoms with Crippen LogP contribution in [-0.4, -0.2) is 33.4 Å². The molecule has 0 amide bonds. The molecule has 0 aromatic carbocycles. The van der Waals surface area contributed by atoms with Crippen LogP contribution in [0.4, 0.5) is 0 Å². The highest BCUT2D eigenvalue weighted by molar-refractivity contribution is 7.87. The number of esters is 1. The van der Waals surface area contributed by atoms with Gasteiger partial charge in [-0.2, -0.15) is 8.42 Å². The summed E-state index contributed by atoms with van der Waals surface area (Å²) in [6.07, 6.45) is 1.28. The lowest BCUT2D eigenvalue weighted by Gasteiger charge is -2.02. The van der Waals surface area contributed by atoms with E-state index in [0.717, 1.165) is 0 Å². The van der Waals surface area contributed by atoms with Gasteiger partial charge in [-0.1, -0.05) is 6.08 Å². The van der Waals surface area contributed by atoms with Crippen molar-refractivity contribution in [2.45, 2.75) is 6.92 Å². The summed E-state index contributed by atoms with van der Waals surface area (Å²) in [6, 6.07) is 0. The fourth-order valence-electron chi connectivity index (χ4n) is 0.540. The molecule has 0 rings (SSSR count). The van der Waals surface area contributed by atoms with E-state index in [1.165, 1.54) is 6.08 Å². The largest absolute Gasteiger partial charge is 0.465 e. The molecular formula is C7H12O5S. The van der Waals surface area contributed by atoms with Crippen LogP contribution < -0.4 is 0 Å². The van der Waals surface area contributed by atoms with Gasteiger partial charge < -0.3 is 4.74 Å². The first-order valence-corrected chi connectivity index (χ1v) is 5.23. The van der Waals surface area contributed by atoms with Crippen molar-refractivity contribution < 1.29 is 22.1 Å². The summed E-state index contributed by atoms with van der Waals surface area (Å²) >= 11 is 0. The number of carbonyl (C=O) groups excluding carboxylic acids is 1. The molecular weight excluding hydrogens is 196 g/mol. The summed E-state index contributed by atoms with van der Waals surface area (Å²) < 4.78 is 30.6. The van der Waals surface area contributed by atoms with Crippen molar-refractivity contribution in [3.05, 3.63) is 12.7 Å². The Kier molecular flexibility index (Phi) is 5.33. The number of hydrogen-bond donors (Lipinski definition) is 0. The smallest absolute Gasteiger partial charge is 0.323 e. The fraction of sp³-hybridized carbons (Fsp3) is 0.571. The van der Waals surface area contributed by atoms with Gasteiger partial charge in [0.05, 0.1) is 13.2 Å². The molecule has 6 heteroatoms. The van der Waals surface area contributed by atoms with Crippen LogP contribution in [0.25, 0.3) is 0 Å². The molecule has 0 radical (unpaired) electrons. The summed E-state index contributed by atoms with van der Waals surface area (Å²) in [7, 11) is -3.81. The van der Waals surface area contributed by atoms with Gasteiger partial charge in [0, 0.05) is 0 Å². The maximum atomic E-state index is 10.9. The van der Waals surface area contributed by atoms with Gasteiger partial charge in [-0.15, -0.1) is 6.58 Å². The van der Waals surface area contributed by atoms with Gasteiger partial charge in [0.25, 0.3) is 10.1 Å². The van der Waals surface area contributed by atoms with Crippen LogP contribution in [0.2, 0.25) is 0 Å². The second-order valence-electron chi connectivity index (χ2n) is 2.08. The number of rotatable bonds is 6. The van der Waals surface area contributed by atoms with E-state index in [4.69, 9.17) is 0 Å². The molecule has 0 fully saturated rings. The Morgan fingerprint density at radius 1 is 1.54 bits per heavy atom. The van der Waals surface area contributed by atoms with Crippen molar-refractivity contribution in [1.29, 1.82) is 0 Å². The van der Waals surface area contributed by atoms with E-state index >= 15 is 0 Å². The molecule has 0 heterocycles. The molecule has 5 nitrogen and oxygen atoms in total. The predicted octanol–water partition coefficient (Wildman–Crippen LogP) is 0.0819. The van der Waals surface area contributed by atoms with Gasteiger partial charge in [-0.25, -0.2) is 0 Å². The van der Waals surface area contributed by atoms with Crippen LogP contribution in [0, 0.1) is 0 Å². The second kappa shape index (κ2) is 5.71. The Labute approximate surface area is 77.5 Å². The van der Waals surface area contributed by atoms with Crippen LogP contribution in [0.3, 0.4) is 0 Å². The van der Waals surface area contributed by atoms with Gasteiger partial charge >= 0.3 is 5.97 Å². The van der Waals surface area contributed by atoms with Crippen molar-refractivity contribution in [1.82, 2.24) is 0 Å². The molecule has 0 unspecified atom stereocenters. The lowest BCUT2D eigenvalue weighted by molar-refractivity contribution is -0.140. The highest BCUT2D eigenvalue weighted by atomic mass is 32.2. The summed E-state index contributed by atoms with van der Waals surface area (Å²) in [4.78, 5) is 10.7. The Balaban J connectivity index is 4.02. The zero-order chi connectivity index (χ0) is 10.3. The fourth-order valence-corrected chi connectivity index (χ4v) is 1.30. The van der Waals surface area contributed by atoms with E-state index < -0.39 is 21.8 Å². The predicted molar refractivity (Wildman–Crippen MR) is 46.6 cm³/mol. The number of carbonyl (C=O) groups is 1. The zero-order valence-corrected chi connectivity index (χ0v) is 8.17. The molecule has 13 heavy (non-hydrogen) atoms. The Hall–Kier alpha value is -0.880. The molecule has 0 aliphatic carbocycles. The first-order valence-electron chi connectivity index (χ1n) is 3.65. The third-order valence-electron chi connectivity index (χ3n) is 0.965. The van der Waals surface area contributed by atoms with Crippen molar-refractivity contribution in [2.75, 3.05) is 19.0 Å². The third kappa shape index (κ3) is 6.30. The number of ether oxygens (including phenoxy) is 1. The van der Waals surface area contributed by atoms with Crippen LogP contribution in [0.15, 0.2) is 12.7 Å². The molecule has 0 N–H and O–H groups in total. The quantitative estimate of drug-likeness (QED) is 0.351. The molecule has 0 aromatic rings. The second-order valence-corrected chi connectivity index (χ2v) is 3.72. The Morgan fingerprint density at radius 2 is 2.15 bits per heavy atom. The Morgan fingerprint density at radius 3 is 2.62 bits per heavy atom. The third-order valence-corrected chi connectivity index (χ3v) is 2.05. The molecule has 0 saturated heterocycles. The van der Waals surface area contributed by atoms with Gasteiger partial charge in [0.15, 0.2) is 5.75 Å². The first kappa shape index (κ1) is 12.1. The van der Waals surface area contributed by atoms with Gasteiger partial charge in [-0.3, -0.25) is 8.98 Å². The molecule has 0 atom stereocenters. The van der Waals surface area contributed by atoms with E-state index in [9.17, 15) is 13.2 Å². The van der Waals surface area contributed by atoms with Gasteiger partial charge in [0.2, 0.25) is 0 Å². The van der Waals surface area contributed by atoms with Crippen LogP contribution in [0.1, 0.15) is 6.92 Å². The highest BCUT2D eigenvalue weighted by Gasteiger charge is 2.17. The maximum absolute atomic E-state index is 10.9. The average molecular weight is 208 g/mol. The minimum Gasteiger partial charge on any atom is -0.465 e. The molecule has 0 aromatic heterocycles. The normalized spacial score (nSPS) is 10.8. The van der Waals surface area contributed by atoms with Crippen molar-refractivity contribution in [2.24, 2.45) is 0 Å². The summed E-state index contributed by atoms with van der Waals surface area (Å²) in [5.41, 5.74) is 0. The summed E-state index contributed by atoms with van der Waals surface area (Å²) in [6.45, 7) is 4.88. The molecule has 0 saturated carbocycles. The van der Waals surface area contributed by atoms with Gasteiger partial charge in [-0.05, 0) is 6.92 Å². The topological polar surface area (TPSA) is 69.7 Å². The van der Waals surface area contributed by atoms with Crippen molar-refractivity contribution in [3.8, 4) is 0 Å². The standard InChI is InChI=1S/C7H12O5S/c1-3-5-12-13(9,10)6-7(8)11-4-2/h3H,1,4-6H2,2H3. The van der Waals surface area contributed by atoms with Crippen LogP contribution in [-0.2, 0) is 23.8 Å². The molecule has 0 spiro atoms. The van der Waals surface area contributed by atoms with E-state index in [2.05, 4.69) is 15.5 Å². The van der Waals surface area contributed by atoms with Crippen LogP contribution >= 0.6 is 0 Å². The summed E-state index contributed by atoms with van der Waals surface area (Å²) in [5.74, 6) is -1.57. The molecule has 0 aliphatic rings. The molecule has 0 aliphatic heterocycles. The number of hydrogen-bond acceptors (Lipinski definition) is 5. The van der Waals surface area contributed by atoms with E-state index in [1.54, 1.807) is 6.92 Å². The van der Waals surface area contributed by atoms with E-state index in [1.807, 2.05) is 0 Å². The SMILES string of the molecule is C=CCOS(=O)(=O)CC(=O)OCC. The van der Waals surface area contributed by atoms with Crippen molar-refractivity contribution >= 4 is 16.1 Å². The average Bonchev–Trinajstić information content (AvgIpc) is 2.00. The van der Waals surface area contributed by atoms with Crippen LogP contribution in [0.5, 0.6) is 0 Å². The maximum Gasteiger partial charge on any atom is 0.323 e. The van der Waals surface area contributed by atoms with E-state index in [0.29, 0.717) is 0 Å². The molecule has 76 valence electrons. The Bertz CT molecular complexity index is 267. The highest BCUT2D eigenvalue weighted by Crippen LogP contribution is 1.94. The van der Waals surface area contributed by atoms with E-state index in [-0.39, 0.29) is 13.2 Å². The van der Waals surface area contributed by atoms with Gasteiger partial charge in [0.1, 0.15) is 0 Å². The lowest BCUT2D eigenvalue weighted by atomic mass is 10.7. The zero-order valence-electron chi connectivity index (χ0n) is 7.36. The van der Waals surface area contributed by atoms with Crippen molar-refractivity contribution in [3.63, 3.8) is 0 Å².